The van der Waals surface area contributed by atoms with Crippen molar-refractivity contribution in [3.05, 3.63) is 0 Å². The average Bonchev–Trinajstić information content (AvgIpc) is 3.01. The van der Waals surface area contributed by atoms with Crippen LogP contribution in [0.2, 0.25) is 0 Å². The van der Waals surface area contributed by atoms with Gasteiger partial charge in [-0.3, -0.25) is 4.90 Å². The van der Waals surface area contributed by atoms with Gasteiger partial charge in [-0.25, -0.2) is 0 Å². The van der Waals surface area contributed by atoms with Crippen molar-refractivity contribution < 1.29 is 0 Å². The van der Waals surface area contributed by atoms with Crippen LogP contribution in [0.15, 0.2) is 0 Å². The van der Waals surface area contributed by atoms with Gasteiger partial charge in [-0.15, -0.1) is 0 Å². The van der Waals surface area contributed by atoms with Gasteiger partial charge in [0.25, 0.3) is 0 Å². The van der Waals surface area contributed by atoms with E-state index in [1.165, 1.54) is 25.9 Å². The van der Waals surface area contributed by atoms with Crippen molar-refractivity contribution in [2.24, 2.45) is 11.8 Å². The minimum absolute atomic E-state index is 0.706. The summed E-state index contributed by atoms with van der Waals surface area (Å²) in [6.07, 6.45) is 2.91. The lowest BCUT2D eigenvalue weighted by atomic mass is 9.98. The molecule has 2 rings (SSSR count). The third kappa shape index (κ3) is 2.54. The van der Waals surface area contributed by atoms with Gasteiger partial charge >= 0.3 is 0 Å². The molecular formula is C13H26N2. The van der Waals surface area contributed by atoms with Crippen LogP contribution < -0.4 is 5.32 Å². The van der Waals surface area contributed by atoms with Crippen LogP contribution in [0.4, 0.5) is 0 Å². The van der Waals surface area contributed by atoms with Crippen LogP contribution in [-0.4, -0.2) is 36.1 Å². The molecule has 1 aliphatic heterocycles. The van der Waals surface area contributed by atoms with E-state index in [-0.39, 0.29) is 0 Å². The van der Waals surface area contributed by atoms with E-state index in [4.69, 9.17) is 0 Å². The minimum atomic E-state index is 0.706. The highest BCUT2D eigenvalue weighted by Crippen LogP contribution is 2.34. The van der Waals surface area contributed by atoms with Gasteiger partial charge in [0.05, 0.1) is 0 Å². The first kappa shape index (κ1) is 11.4. The average molecular weight is 210 g/mol. The molecule has 0 aromatic carbocycles. The molecule has 0 radical (unpaired) electrons. The molecule has 2 fully saturated rings. The molecule has 1 heterocycles. The van der Waals surface area contributed by atoms with Crippen molar-refractivity contribution in [2.75, 3.05) is 13.1 Å². The lowest BCUT2D eigenvalue weighted by molar-refractivity contribution is 0.0710. The SMILES string of the molecule is CC(C)C(C)N1CC(C2CC2)NCC1C. The Morgan fingerprint density at radius 2 is 1.87 bits per heavy atom. The molecule has 2 heteroatoms. The van der Waals surface area contributed by atoms with Crippen molar-refractivity contribution in [3.63, 3.8) is 0 Å². The van der Waals surface area contributed by atoms with Crippen molar-refractivity contribution in [1.82, 2.24) is 10.2 Å². The van der Waals surface area contributed by atoms with Gasteiger partial charge in [0.15, 0.2) is 0 Å². The van der Waals surface area contributed by atoms with Gasteiger partial charge in [-0.2, -0.15) is 0 Å². The lowest BCUT2D eigenvalue weighted by Crippen LogP contribution is -2.59. The van der Waals surface area contributed by atoms with Crippen molar-refractivity contribution in [2.45, 2.75) is 58.7 Å². The number of hydrogen-bond donors (Lipinski definition) is 1. The number of nitrogens with one attached hydrogen (secondary N) is 1. The molecule has 0 spiro atoms. The largest absolute Gasteiger partial charge is 0.311 e. The van der Waals surface area contributed by atoms with E-state index in [2.05, 4.69) is 37.9 Å². The molecular weight excluding hydrogens is 184 g/mol. The van der Waals surface area contributed by atoms with E-state index in [0.29, 0.717) is 6.04 Å². The fourth-order valence-corrected chi connectivity index (χ4v) is 2.68. The molecule has 2 nitrogen and oxygen atoms in total. The lowest BCUT2D eigenvalue weighted by Gasteiger charge is -2.44. The zero-order chi connectivity index (χ0) is 11.0. The van der Waals surface area contributed by atoms with E-state index >= 15 is 0 Å². The molecule has 0 bridgehead atoms. The van der Waals surface area contributed by atoms with Gasteiger partial charge in [0.1, 0.15) is 0 Å². The summed E-state index contributed by atoms with van der Waals surface area (Å²) in [4.78, 5) is 2.71. The molecule has 2 aliphatic rings. The zero-order valence-electron chi connectivity index (χ0n) is 10.7. The Bertz CT molecular complexity index is 211. The quantitative estimate of drug-likeness (QED) is 0.767. The summed E-state index contributed by atoms with van der Waals surface area (Å²) < 4.78 is 0. The maximum absolute atomic E-state index is 3.71. The molecule has 1 saturated heterocycles. The molecule has 0 aromatic heterocycles. The highest BCUT2D eigenvalue weighted by molar-refractivity contribution is 4.95. The van der Waals surface area contributed by atoms with E-state index in [0.717, 1.165) is 23.9 Å². The second-order valence-electron chi connectivity index (χ2n) is 5.88. The van der Waals surface area contributed by atoms with Crippen molar-refractivity contribution in [1.29, 1.82) is 0 Å². The van der Waals surface area contributed by atoms with Crippen LogP contribution in [0, 0.1) is 11.8 Å². The van der Waals surface area contributed by atoms with Crippen LogP contribution in [0.25, 0.3) is 0 Å². The molecule has 1 N–H and O–H groups in total. The van der Waals surface area contributed by atoms with Gasteiger partial charge < -0.3 is 5.32 Å². The topological polar surface area (TPSA) is 15.3 Å². The van der Waals surface area contributed by atoms with Gasteiger partial charge in [0.2, 0.25) is 0 Å². The normalized spacial score (nSPS) is 35.8. The Hall–Kier alpha value is -0.0800. The Morgan fingerprint density at radius 3 is 2.40 bits per heavy atom. The van der Waals surface area contributed by atoms with E-state index in [1.54, 1.807) is 0 Å². The van der Waals surface area contributed by atoms with Crippen LogP contribution in [0.5, 0.6) is 0 Å². The summed E-state index contributed by atoms with van der Waals surface area (Å²) in [6, 6.07) is 2.21. The zero-order valence-corrected chi connectivity index (χ0v) is 10.7. The molecule has 15 heavy (non-hydrogen) atoms. The highest BCUT2D eigenvalue weighted by atomic mass is 15.3. The summed E-state index contributed by atoms with van der Waals surface area (Å²) in [7, 11) is 0. The van der Waals surface area contributed by atoms with Gasteiger partial charge in [0, 0.05) is 31.2 Å². The van der Waals surface area contributed by atoms with E-state index in [9.17, 15) is 0 Å². The second-order valence-corrected chi connectivity index (χ2v) is 5.88. The Labute approximate surface area is 94.4 Å². The van der Waals surface area contributed by atoms with Crippen LogP contribution in [0.3, 0.4) is 0 Å². The summed E-state index contributed by atoms with van der Waals surface area (Å²) in [5.41, 5.74) is 0. The summed E-state index contributed by atoms with van der Waals surface area (Å²) in [5, 5.41) is 3.71. The number of nitrogens with zero attached hydrogens (tertiary/aromatic N) is 1. The monoisotopic (exact) mass is 210 g/mol. The highest BCUT2D eigenvalue weighted by Gasteiger charge is 2.37. The first-order valence-electron chi connectivity index (χ1n) is 6.58. The summed E-state index contributed by atoms with van der Waals surface area (Å²) >= 11 is 0. The molecule has 3 atom stereocenters. The smallest absolute Gasteiger partial charge is 0.0224 e. The first-order chi connectivity index (χ1) is 7.09. The molecule has 0 aromatic rings. The standard InChI is InChI=1S/C13H26N2/c1-9(2)11(4)15-8-13(12-5-6-12)14-7-10(15)3/h9-14H,5-8H2,1-4H3. The predicted octanol–water partition coefficient (Wildman–Crippen LogP) is 2.10. The predicted molar refractivity (Wildman–Crippen MR) is 65.0 cm³/mol. The van der Waals surface area contributed by atoms with Crippen LogP contribution >= 0.6 is 0 Å². The third-order valence-corrected chi connectivity index (χ3v) is 4.33. The summed E-state index contributed by atoms with van der Waals surface area (Å²) in [5.74, 6) is 1.75. The second kappa shape index (κ2) is 4.42. The van der Waals surface area contributed by atoms with Gasteiger partial charge in [-0.05, 0) is 38.5 Å². The fraction of sp³-hybridized carbons (Fsp3) is 1.00. The van der Waals surface area contributed by atoms with E-state index in [1.807, 2.05) is 0 Å². The molecule has 3 unspecified atom stereocenters. The van der Waals surface area contributed by atoms with E-state index < -0.39 is 0 Å². The molecule has 0 amide bonds. The van der Waals surface area contributed by atoms with Crippen LogP contribution in [-0.2, 0) is 0 Å². The summed E-state index contributed by atoms with van der Waals surface area (Å²) in [6.45, 7) is 11.9. The first-order valence-corrected chi connectivity index (χ1v) is 6.58. The number of rotatable bonds is 3. The molecule has 88 valence electrons. The van der Waals surface area contributed by atoms with Gasteiger partial charge in [-0.1, -0.05) is 13.8 Å². The Morgan fingerprint density at radius 1 is 1.20 bits per heavy atom. The molecule has 1 aliphatic carbocycles. The maximum Gasteiger partial charge on any atom is 0.0224 e. The molecule has 1 saturated carbocycles. The maximum atomic E-state index is 3.71. The number of piperazine rings is 1. The Kier molecular flexibility index (Phi) is 3.36. The fourth-order valence-electron chi connectivity index (χ4n) is 2.68. The Balaban J connectivity index is 1.94. The van der Waals surface area contributed by atoms with Crippen molar-refractivity contribution >= 4 is 0 Å². The minimum Gasteiger partial charge on any atom is -0.311 e. The van der Waals surface area contributed by atoms with Crippen LogP contribution in [0.1, 0.15) is 40.5 Å². The third-order valence-electron chi connectivity index (χ3n) is 4.33. The van der Waals surface area contributed by atoms with Crippen molar-refractivity contribution in [3.8, 4) is 0 Å². The number of hydrogen-bond acceptors (Lipinski definition) is 2.